The standard InChI is InChI=1S/C17H27NO2/c1-13(2)14-5-7-15(8-6-14)16(18-3)17(19-4)9-11-20-12-10-17/h5-8,13,16,18H,9-12H2,1-4H3. The van der Waals surface area contributed by atoms with Crippen LogP contribution in [0.3, 0.4) is 0 Å². The zero-order valence-corrected chi connectivity index (χ0v) is 13.1. The van der Waals surface area contributed by atoms with Gasteiger partial charge in [0.15, 0.2) is 0 Å². The fraction of sp³-hybridized carbons (Fsp3) is 0.647. The SMILES string of the molecule is CNC(c1ccc(C(C)C)cc1)C1(OC)CCOCC1. The van der Waals surface area contributed by atoms with Crippen LogP contribution in [0.2, 0.25) is 0 Å². The van der Waals surface area contributed by atoms with Crippen LogP contribution in [0, 0.1) is 0 Å². The van der Waals surface area contributed by atoms with E-state index in [1.807, 2.05) is 14.2 Å². The zero-order chi connectivity index (χ0) is 14.6. The van der Waals surface area contributed by atoms with Crippen LogP contribution in [0.5, 0.6) is 0 Å². The highest BCUT2D eigenvalue weighted by atomic mass is 16.5. The van der Waals surface area contributed by atoms with Crippen LogP contribution in [-0.4, -0.2) is 33.0 Å². The van der Waals surface area contributed by atoms with Gasteiger partial charge in [0.2, 0.25) is 0 Å². The molecule has 1 aliphatic rings. The number of hydrogen-bond donors (Lipinski definition) is 1. The minimum Gasteiger partial charge on any atom is -0.381 e. The maximum atomic E-state index is 5.92. The Hall–Kier alpha value is -0.900. The van der Waals surface area contributed by atoms with Gasteiger partial charge in [0.25, 0.3) is 0 Å². The highest BCUT2D eigenvalue weighted by Gasteiger charge is 2.40. The number of rotatable bonds is 5. The summed E-state index contributed by atoms with van der Waals surface area (Å²) in [6.45, 7) is 5.99. The third-order valence-corrected chi connectivity index (χ3v) is 4.50. The molecule has 0 bridgehead atoms. The van der Waals surface area contributed by atoms with Gasteiger partial charge in [0.1, 0.15) is 0 Å². The lowest BCUT2D eigenvalue weighted by molar-refractivity contribution is -0.110. The van der Waals surface area contributed by atoms with Gasteiger partial charge in [0.05, 0.1) is 11.6 Å². The molecule has 1 aromatic carbocycles. The van der Waals surface area contributed by atoms with Crippen molar-refractivity contribution in [3.05, 3.63) is 35.4 Å². The molecule has 112 valence electrons. The number of ether oxygens (including phenoxy) is 2. The Morgan fingerprint density at radius 1 is 1.10 bits per heavy atom. The maximum Gasteiger partial charge on any atom is 0.0916 e. The van der Waals surface area contributed by atoms with E-state index in [4.69, 9.17) is 9.47 Å². The summed E-state index contributed by atoms with van der Waals surface area (Å²) >= 11 is 0. The smallest absolute Gasteiger partial charge is 0.0916 e. The van der Waals surface area contributed by atoms with E-state index in [0.717, 1.165) is 26.1 Å². The zero-order valence-electron chi connectivity index (χ0n) is 13.1. The minimum atomic E-state index is -0.160. The summed E-state index contributed by atoms with van der Waals surface area (Å²) in [5, 5.41) is 3.45. The first-order valence-electron chi connectivity index (χ1n) is 7.53. The molecule has 1 N–H and O–H groups in total. The van der Waals surface area contributed by atoms with Gasteiger partial charge < -0.3 is 14.8 Å². The molecule has 3 nitrogen and oxygen atoms in total. The summed E-state index contributed by atoms with van der Waals surface area (Å²) < 4.78 is 11.4. The molecule has 0 aliphatic carbocycles. The van der Waals surface area contributed by atoms with Crippen molar-refractivity contribution in [2.24, 2.45) is 0 Å². The van der Waals surface area contributed by atoms with Crippen LogP contribution >= 0.6 is 0 Å². The monoisotopic (exact) mass is 277 g/mol. The predicted octanol–water partition coefficient (Wildman–Crippen LogP) is 3.27. The van der Waals surface area contributed by atoms with Crippen LogP contribution in [0.25, 0.3) is 0 Å². The molecule has 0 radical (unpaired) electrons. The van der Waals surface area contributed by atoms with Crippen molar-refractivity contribution in [1.82, 2.24) is 5.32 Å². The fourth-order valence-corrected chi connectivity index (χ4v) is 3.13. The largest absolute Gasteiger partial charge is 0.381 e. The minimum absolute atomic E-state index is 0.160. The molecule has 2 rings (SSSR count). The third kappa shape index (κ3) is 3.05. The van der Waals surface area contributed by atoms with E-state index in [1.54, 1.807) is 0 Å². The summed E-state index contributed by atoms with van der Waals surface area (Å²) in [5.74, 6) is 0.566. The van der Waals surface area contributed by atoms with Gasteiger partial charge in [-0.2, -0.15) is 0 Å². The second kappa shape index (κ2) is 6.70. The van der Waals surface area contributed by atoms with Gasteiger partial charge in [-0.15, -0.1) is 0 Å². The van der Waals surface area contributed by atoms with E-state index in [0.29, 0.717) is 5.92 Å². The van der Waals surface area contributed by atoms with Gasteiger partial charge in [-0.1, -0.05) is 38.1 Å². The van der Waals surface area contributed by atoms with E-state index < -0.39 is 0 Å². The Labute approximate surface area is 122 Å². The number of likely N-dealkylation sites (N-methyl/N-ethyl adjacent to an activating group) is 1. The molecule has 1 saturated heterocycles. The normalized spacial score (nSPS) is 20.1. The molecular weight excluding hydrogens is 250 g/mol. The highest BCUT2D eigenvalue weighted by Crippen LogP contribution is 2.37. The molecule has 20 heavy (non-hydrogen) atoms. The summed E-state index contributed by atoms with van der Waals surface area (Å²) in [7, 11) is 3.83. The van der Waals surface area contributed by atoms with E-state index in [9.17, 15) is 0 Å². The maximum absolute atomic E-state index is 5.92. The Morgan fingerprint density at radius 2 is 1.65 bits per heavy atom. The number of benzene rings is 1. The number of hydrogen-bond acceptors (Lipinski definition) is 3. The lowest BCUT2D eigenvalue weighted by Crippen LogP contribution is -2.48. The van der Waals surface area contributed by atoms with E-state index in [-0.39, 0.29) is 11.6 Å². The van der Waals surface area contributed by atoms with Crippen molar-refractivity contribution in [3.8, 4) is 0 Å². The van der Waals surface area contributed by atoms with Crippen LogP contribution < -0.4 is 5.32 Å². The van der Waals surface area contributed by atoms with Gasteiger partial charge >= 0.3 is 0 Å². The average molecular weight is 277 g/mol. The number of methoxy groups -OCH3 is 1. The van der Waals surface area contributed by atoms with Gasteiger partial charge in [0, 0.05) is 33.2 Å². The van der Waals surface area contributed by atoms with Gasteiger partial charge in [-0.25, -0.2) is 0 Å². The Morgan fingerprint density at radius 3 is 2.10 bits per heavy atom. The average Bonchev–Trinajstić information content (AvgIpc) is 2.49. The Balaban J connectivity index is 2.26. The first-order valence-corrected chi connectivity index (χ1v) is 7.53. The van der Waals surface area contributed by atoms with Crippen LogP contribution in [-0.2, 0) is 9.47 Å². The molecule has 3 heteroatoms. The van der Waals surface area contributed by atoms with Gasteiger partial charge in [-0.05, 0) is 24.1 Å². The molecule has 1 aromatic rings. The summed E-state index contributed by atoms with van der Waals surface area (Å²) in [4.78, 5) is 0. The van der Waals surface area contributed by atoms with Crippen LogP contribution in [0.15, 0.2) is 24.3 Å². The first-order chi connectivity index (χ1) is 9.63. The second-order valence-corrected chi connectivity index (χ2v) is 5.92. The van der Waals surface area contributed by atoms with Crippen molar-refractivity contribution in [1.29, 1.82) is 0 Å². The molecule has 0 amide bonds. The third-order valence-electron chi connectivity index (χ3n) is 4.50. The van der Waals surface area contributed by atoms with Crippen LogP contribution in [0.1, 0.15) is 49.8 Å². The Kier molecular flexibility index (Phi) is 5.19. The Bertz CT molecular complexity index is 408. The van der Waals surface area contributed by atoms with Gasteiger partial charge in [-0.3, -0.25) is 0 Å². The lowest BCUT2D eigenvalue weighted by Gasteiger charge is -2.42. The lowest BCUT2D eigenvalue weighted by atomic mass is 9.81. The van der Waals surface area contributed by atoms with E-state index >= 15 is 0 Å². The van der Waals surface area contributed by atoms with Crippen molar-refractivity contribution in [2.75, 3.05) is 27.4 Å². The highest BCUT2D eigenvalue weighted by molar-refractivity contribution is 5.29. The topological polar surface area (TPSA) is 30.5 Å². The van der Waals surface area contributed by atoms with E-state index in [2.05, 4.69) is 43.4 Å². The summed E-state index contributed by atoms with van der Waals surface area (Å²) in [6.07, 6.45) is 1.86. The number of nitrogens with one attached hydrogen (secondary N) is 1. The molecule has 1 fully saturated rings. The summed E-state index contributed by atoms with van der Waals surface area (Å²) in [6, 6.07) is 9.12. The molecule has 1 heterocycles. The van der Waals surface area contributed by atoms with E-state index in [1.165, 1.54) is 11.1 Å². The molecule has 1 atom stereocenters. The first kappa shape index (κ1) is 15.5. The summed E-state index contributed by atoms with van der Waals surface area (Å²) in [5.41, 5.74) is 2.51. The van der Waals surface area contributed by atoms with Crippen LogP contribution in [0.4, 0.5) is 0 Å². The molecule has 1 aliphatic heterocycles. The quantitative estimate of drug-likeness (QED) is 0.896. The predicted molar refractivity (Wildman–Crippen MR) is 82.1 cm³/mol. The van der Waals surface area contributed by atoms with Crippen molar-refractivity contribution >= 4 is 0 Å². The molecule has 1 unspecified atom stereocenters. The van der Waals surface area contributed by atoms with Crippen molar-refractivity contribution in [2.45, 2.75) is 44.2 Å². The molecular formula is C17H27NO2. The molecule has 0 aromatic heterocycles. The molecule has 0 saturated carbocycles. The second-order valence-electron chi connectivity index (χ2n) is 5.92. The fourth-order valence-electron chi connectivity index (χ4n) is 3.13. The van der Waals surface area contributed by atoms with Crippen molar-refractivity contribution < 1.29 is 9.47 Å². The molecule has 0 spiro atoms. The van der Waals surface area contributed by atoms with Crippen molar-refractivity contribution in [3.63, 3.8) is 0 Å².